The Labute approximate surface area is 108 Å². The largest absolute Gasteiger partial charge is 0.480 e. The van der Waals surface area contributed by atoms with E-state index >= 15 is 0 Å². The maximum absolute atomic E-state index is 11.5. The van der Waals surface area contributed by atoms with Crippen molar-refractivity contribution in [2.75, 3.05) is 27.2 Å². The smallest absolute Gasteiger partial charge is 0.326 e. The van der Waals surface area contributed by atoms with E-state index < -0.39 is 12.0 Å². The summed E-state index contributed by atoms with van der Waals surface area (Å²) < 4.78 is 0. The fraction of sp³-hybridized carbons (Fsp3) is 0.833. The highest BCUT2D eigenvalue weighted by Crippen LogP contribution is 2.32. The molecule has 1 fully saturated rings. The molecule has 3 N–H and O–H groups in total. The second-order valence-corrected chi connectivity index (χ2v) is 5.06. The SMILES string of the molecule is CN(C)CCCCNC(=O)NC(C(=O)O)C1CC1. The molecule has 0 saturated heterocycles. The number of unbranched alkanes of at least 4 members (excludes halogenated alkanes) is 1. The summed E-state index contributed by atoms with van der Waals surface area (Å²) in [4.78, 5) is 24.5. The van der Waals surface area contributed by atoms with Gasteiger partial charge in [0.15, 0.2) is 0 Å². The minimum Gasteiger partial charge on any atom is -0.480 e. The minimum atomic E-state index is -0.944. The van der Waals surface area contributed by atoms with Crippen LogP contribution in [0.2, 0.25) is 0 Å². The molecule has 0 radical (unpaired) electrons. The van der Waals surface area contributed by atoms with Crippen LogP contribution >= 0.6 is 0 Å². The van der Waals surface area contributed by atoms with E-state index in [2.05, 4.69) is 15.5 Å². The molecule has 2 amide bonds. The fourth-order valence-electron chi connectivity index (χ4n) is 1.76. The molecule has 0 aromatic rings. The standard InChI is InChI=1S/C12H23N3O3/c1-15(2)8-4-3-7-13-12(18)14-10(11(16)17)9-5-6-9/h9-10H,3-8H2,1-2H3,(H,16,17)(H2,13,14,18). The molecule has 104 valence electrons. The molecule has 0 spiro atoms. The van der Waals surface area contributed by atoms with Crippen molar-refractivity contribution < 1.29 is 14.7 Å². The number of carboxylic acid groups (broad SMARTS) is 1. The lowest BCUT2D eigenvalue weighted by Crippen LogP contribution is -2.47. The van der Waals surface area contributed by atoms with Crippen molar-refractivity contribution in [2.24, 2.45) is 5.92 Å². The summed E-state index contributed by atoms with van der Waals surface area (Å²) >= 11 is 0. The number of aliphatic carboxylic acids is 1. The summed E-state index contributed by atoms with van der Waals surface area (Å²) in [7, 11) is 4.01. The molecule has 0 aliphatic heterocycles. The molecule has 0 aromatic carbocycles. The molecule has 1 unspecified atom stereocenters. The van der Waals surface area contributed by atoms with E-state index in [1.54, 1.807) is 0 Å². The number of carboxylic acids is 1. The van der Waals surface area contributed by atoms with Crippen LogP contribution in [0.1, 0.15) is 25.7 Å². The van der Waals surface area contributed by atoms with Crippen molar-refractivity contribution in [3.63, 3.8) is 0 Å². The number of hydrogen-bond acceptors (Lipinski definition) is 3. The van der Waals surface area contributed by atoms with Gasteiger partial charge in [0.05, 0.1) is 0 Å². The third-order valence-corrected chi connectivity index (χ3v) is 2.96. The van der Waals surface area contributed by atoms with E-state index in [1.807, 2.05) is 14.1 Å². The van der Waals surface area contributed by atoms with E-state index in [9.17, 15) is 9.59 Å². The number of carbonyl (C=O) groups excluding carboxylic acids is 1. The fourth-order valence-corrected chi connectivity index (χ4v) is 1.76. The van der Waals surface area contributed by atoms with E-state index in [-0.39, 0.29) is 11.9 Å². The molecule has 6 heteroatoms. The molecule has 0 aromatic heterocycles. The number of nitrogens with zero attached hydrogens (tertiary/aromatic N) is 1. The zero-order chi connectivity index (χ0) is 13.5. The highest BCUT2D eigenvalue weighted by Gasteiger charge is 2.37. The molecule has 1 rings (SSSR count). The van der Waals surface area contributed by atoms with Crippen LogP contribution in [0.4, 0.5) is 4.79 Å². The van der Waals surface area contributed by atoms with Crippen LogP contribution in [0, 0.1) is 5.92 Å². The molecular formula is C12H23N3O3. The van der Waals surface area contributed by atoms with Crippen molar-refractivity contribution in [3.8, 4) is 0 Å². The van der Waals surface area contributed by atoms with Gasteiger partial charge in [-0.25, -0.2) is 9.59 Å². The molecule has 1 saturated carbocycles. The third-order valence-electron chi connectivity index (χ3n) is 2.96. The molecular weight excluding hydrogens is 234 g/mol. The number of urea groups is 1. The minimum absolute atomic E-state index is 0.113. The van der Waals surface area contributed by atoms with Gasteiger partial charge in [0.2, 0.25) is 0 Å². The molecule has 1 atom stereocenters. The van der Waals surface area contributed by atoms with Gasteiger partial charge >= 0.3 is 12.0 Å². The molecule has 6 nitrogen and oxygen atoms in total. The van der Waals surface area contributed by atoms with Crippen molar-refractivity contribution in [2.45, 2.75) is 31.7 Å². The van der Waals surface area contributed by atoms with Crippen molar-refractivity contribution in [1.29, 1.82) is 0 Å². The lowest BCUT2D eigenvalue weighted by Gasteiger charge is -2.14. The number of hydrogen-bond donors (Lipinski definition) is 3. The molecule has 0 bridgehead atoms. The first kappa shape index (κ1) is 14.8. The topological polar surface area (TPSA) is 81.7 Å². The Hall–Kier alpha value is -1.30. The summed E-state index contributed by atoms with van der Waals surface area (Å²) in [5.74, 6) is -0.831. The van der Waals surface area contributed by atoms with Crippen molar-refractivity contribution >= 4 is 12.0 Å². The third kappa shape index (κ3) is 5.86. The summed E-state index contributed by atoms with van der Waals surface area (Å²) in [6, 6.07) is -1.11. The van der Waals surface area contributed by atoms with Gasteiger partial charge in [0.1, 0.15) is 6.04 Å². The maximum atomic E-state index is 11.5. The van der Waals surface area contributed by atoms with Gasteiger partial charge in [0.25, 0.3) is 0 Å². The first-order chi connectivity index (χ1) is 8.50. The Morgan fingerprint density at radius 2 is 2.00 bits per heavy atom. The van der Waals surface area contributed by atoms with Crippen LogP contribution < -0.4 is 10.6 Å². The highest BCUT2D eigenvalue weighted by molar-refractivity contribution is 5.83. The first-order valence-corrected chi connectivity index (χ1v) is 6.42. The number of carbonyl (C=O) groups is 2. The van der Waals surface area contributed by atoms with Crippen LogP contribution in [-0.4, -0.2) is 55.2 Å². The van der Waals surface area contributed by atoms with E-state index in [0.29, 0.717) is 6.54 Å². The zero-order valence-electron chi connectivity index (χ0n) is 11.1. The van der Waals surface area contributed by atoms with Gasteiger partial charge in [-0.3, -0.25) is 0 Å². The van der Waals surface area contributed by atoms with E-state index in [1.165, 1.54) is 0 Å². The predicted molar refractivity (Wildman–Crippen MR) is 68.5 cm³/mol. The van der Waals surface area contributed by atoms with Crippen LogP contribution in [0.15, 0.2) is 0 Å². The van der Waals surface area contributed by atoms with Gasteiger partial charge in [0, 0.05) is 6.54 Å². The van der Waals surface area contributed by atoms with E-state index in [4.69, 9.17) is 5.11 Å². The number of nitrogens with one attached hydrogen (secondary N) is 2. The van der Waals surface area contributed by atoms with Gasteiger partial charge in [-0.15, -0.1) is 0 Å². The number of amides is 2. The molecule has 0 heterocycles. The Kier molecular flexibility index (Phi) is 5.91. The zero-order valence-corrected chi connectivity index (χ0v) is 11.1. The van der Waals surface area contributed by atoms with Gasteiger partial charge < -0.3 is 20.6 Å². The summed E-state index contributed by atoms with van der Waals surface area (Å²) in [6.07, 6.45) is 3.69. The second-order valence-electron chi connectivity index (χ2n) is 5.06. The molecule has 18 heavy (non-hydrogen) atoms. The lowest BCUT2D eigenvalue weighted by atomic mass is 10.2. The Balaban J connectivity index is 2.10. The quantitative estimate of drug-likeness (QED) is 0.553. The monoisotopic (exact) mass is 257 g/mol. The number of rotatable bonds is 8. The van der Waals surface area contributed by atoms with Crippen LogP contribution in [0.5, 0.6) is 0 Å². The molecule has 1 aliphatic rings. The molecule has 1 aliphatic carbocycles. The summed E-state index contributed by atoms with van der Waals surface area (Å²) in [6.45, 7) is 1.57. The van der Waals surface area contributed by atoms with Crippen LogP contribution in [0.3, 0.4) is 0 Å². The average Bonchev–Trinajstić information content (AvgIpc) is 3.08. The van der Waals surface area contributed by atoms with Crippen molar-refractivity contribution in [1.82, 2.24) is 15.5 Å². The predicted octanol–water partition coefficient (Wildman–Crippen LogP) is 0.491. The summed E-state index contributed by atoms with van der Waals surface area (Å²) in [5.41, 5.74) is 0. The Morgan fingerprint density at radius 3 is 2.50 bits per heavy atom. The normalized spacial score (nSPS) is 16.4. The van der Waals surface area contributed by atoms with Gasteiger partial charge in [-0.2, -0.15) is 0 Å². The Morgan fingerprint density at radius 1 is 1.33 bits per heavy atom. The lowest BCUT2D eigenvalue weighted by molar-refractivity contribution is -0.139. The average molecular weight is 257 g/mol. The van der Waals surface area contributed by atoms with E-state index in [0.717, 1.165) is 32.2 Å². The maximum Gasteiger partial charge on any atom is 0.326 e. The van der Waals surface area contributed by atoms with Crippen molar-refractivity contribution in [3.05, 3.63) is 0 Å². The van der Waals surface area contributed by atoms with Crippen LogP contribution in [-0.2, 0) is 4.79 Å². The Bertz CT molecular complexity index is 290. The van der Waals surface area contributed by atoms with Gasteiger partial charge in [-0.05, 0) is 52.2 Å². The van der Waals surface area contributed by atoms with Crippen LogP contribution in [0.25, 0.3) is 0 Å². The van der Waals surface area contributed by atoms with Gasteiger partial charge in [-0.1, -0.05) is 0 Å². The highest BCUT2D eigenvalue weighted by atomic mass is 16.4. The first-order valence-electron chi connectivity index (χ1n) is 6.42. The summed E-state index contributed by atoms with van der Waals surface area (Å²) in [5, 5.41) is 14.2. The second kappa shape index (κ2) is 7.20.